The number of thiophene rings is 1. The van der Waals surface area contributed by atoms with Crippen molar-refractivity contribution < 1.29 is 0 Å². The quantitative estimate of drug-likeness (QED) is 0.618. The fourth-order valence-electron chi connectivity index (χ4n) is 2.13. The number of aromatic amines is 1. The van der Waals surface area contributed by atoms with Crippen molar-refractivity contribution in [2.45, 2.75) is 0 Å². The lowest BCUT2D eigenvalue weighted by atomic mass is 10.3. The van der Waals surface area contributed by atoms with Crippen LogP contribution in [-0.2, 0) is 0 Å². The number of aromatic nitrogens is 4. The summed E-state index contributed by atoms with van der Waals surface area (Å²) in [6, 6.07) is 5.71. The molecular formula is C16H10N4OS2. The first kappa shape index (κ1) is 14.0. The highest BCUT2D eigenvalue weighted by Crippen LogP contribution is 2.28. The summed E-state index contributed by atoms with van der Waals surface area (Å²) in [6.07, 6.45) is 6.75. The average Bonchev–Trinajstić information content (AvgIpc) is 3.24. The summed E-state index contributed by atoms with van der Waals surface area (Å²) in [5, 5.41) is 5.53. The van der Waals surface area contributed by atoms with E-state index in [1.807, 2.05) is 29.0 Å². The molecule has 23 heavy (non-hydrogen) atoms. The van der Waals surface area contributed by atoms with Crippen molar-refractivity contribution in [1.29, 1.82) is 0 Å². The fraction of sp³-hybridized carbons (Fsp3) is 0. The van der Waals surface area contributed by atoms with Crippen LogP contribution in [0.5, 0.6) is 0 Å². The largest absolute Gasteiger partial charge is 0.306 e. The van der Waals surface area contributed by atoms with Crippen molar-refractivity contribution in [3.05, 3.63) is 63.2 Å². The van der Waals surface area contributed by atoms with Gasteiger partial charge < -0.3 is 4.98 Å². The van der Waals surface area contributed by atoms with Gasteiger partial charge in [-0.2, -0.15) is 0 Å². The Bertz CT molecular complexity index is 1050. The highest BCUT2D eigenvalue weighted by Gasteiger charge is 2.04. The Morgan fingerprint density at radius 3 is 2.96 bits per heavy atom. The number of fused-ring (bicyclic) bond motifs is 1. The Hall–Kier alpha value is -2.64. The topological polar surface area (TPSA) is 71.5 Å². The maximum absolute atomic E-state index is 12.0. The summed E-state index contributed by atoms with van der Waals surface area (Å²) in [4.78, 5) is 28.8. The molecule has 0 aromatic carbocycles. The standard InChI is InChI=1S/C16H10N4OS2/c21-15-11-5-6-17-8-12(11)19-14(20-15)4-3-10-9-23-16(18-10)13-2-1-7-22-13/h1-9H,(H,19,20,21). The molecule has 5 nitrogen and oxygen atoms in total. The lowest BCUT2D eigenvalue weighted by Crippen LogP contribution is -2.09. The van der Waals surface area contributed by atoms with Gasteiger partial charge in [0.25, 0.3) is 5.56 Å². The van der Waals surface area contributed by atoms with E-state index in [1.165, 1.54) is 0 Å². The van der Waals surface area contributed by atoms with E-state index < -0.39 is 0 Å². The SMILES string of the molecule is O=c1[nH]c(C=Cc2csc(-c3cccs3)n2)nc2cnccc12. The van der Waals surface area contributed by atoms with Crippen molar-refractivity contribution in [2.75, 3.05) is 0 Å². The van der Waals surface area contributed by atoms with E-state index in [0.29, 0.717) is 16.7 Å². The smallest absolute Gasteiger partial charge is 0.259 e. The van der Waals surface area contributed by atoms with Crippen molar-refractivity contribution in [3.8, 4) is 9.88 Å². The minimum absolute atomic E-state index is 0.172. The number of rotatable bonds is 3. The summed E-state index contributed by atoms with van der Waals surface area (Å²) in [5.74, 6) is 0.487. The van der Waals surface area contributed by atoms with Gasteiger partial charge in [-0.1, -0.05) is 6.07 Å². The molecule has 0 saturated heterocycles. The second-order valence-electron chi connectivity index (χ2n) is 4.73. The van der Waals surface area contributed by atoms with Crippen LogP contribution in [0.2, 0.25) is 0 Å². The first-order valence-electron chi connectivity index (χ1n) is 6.81. The molecule has 0 spiro atoms. The zero-order valence-corrected chi connectivity index (χ0v) is 13.4. The number of thiazole rings is 1. The zero-order valence-electron chi connectivity index (χ0n) is 11.8. The van der Waals surface area contributed by atoms with E-state index in [4.69, 9.17) is 0 Å². The molecule has 4 aromatic heterocycles. The molecular weight excluding hydrogens is 328 g/mol. The lowest BCUT2D eigenvalue weighted by Gasteiger charge is -1.97. The normalized spacial score (nSPS) is 11.5. The maximum Gasteiger partial charge on any atom is 0.259 e. The lowest BCUT2D eigenvalue weighted by molar-refractivity contribution is 1.13. The van der Waals surface area contributed by atoms with E-state index in [0.717, 1.165) is 15.6 Å². The molecule has 0 radical (unpaired) electrons. The van der Waals surface area contributed by atoms with Gasteiger partial charge in [-0.05, 0) is 29.7 Å². The van der Waals surface area contributed by atoms with Gasteiger partial charge in [0.1, 0.15) is 10.8 Å². The molecule has 0 fully saturated rings. The molecule has 4 aromatic rings. The second-order valence-corrected chi connectivity index (χ2v) is 6.54. The van der Waals surface area contributed by atoms with Crippen molar-refractivity contribution in [1.82, 2.24) is 19.9 Å². The van der Waals surface area contributed by atoms with E-state index in [2.05, 4.69) is 19.9 Å². The third kappa shape index (κ3) is 2.84. The summed E-state index contributed by atoms with van der Waals surface area (Å²) >= 11 is 3.26. The van der Waals surface area contributed by atoms with Crippen LogP contribution >= 0.6 is 22.7 Å². The van der Waals surface area contributed by atoms with Crippen LogP contribution in [0.1, 0.15) is 11.5 Å². The first-order valence-corrected chi connectivity index (χ1v) is 8.57. The molecule has 0 atom stereocenters. The Balaban J connectivity index is 1.65. The van der Waals surface area contributed by atoms with Crippen molar-refractivity contribution in [2.24, 2.45) is 0 Å². The van der Waals surface area contributed by atoms with Crippen LogP contribution in [0.25, 0.3) is 32.9 Å². The summed E-state index contributed by atoms with van der Waals surface area (Å²) in [7, 11) is 0. The van der Waals surface area contributed by atoms with Crippen molar-refractivity contribution >= 4 is 45.7 Å². The Morgan fingerprint density at radius 1 is 1.13 bits per heavy atom. The molecule has 0 amide bonds. The monoisotopic (exact) mass is 338 g/mol. The van der Waals surface area contributed by atoms with Crippen LogP contribution in [0.3, 0.4) is 0 Å². The van der Waals surface area contributed by atoms with E-state index >= 15 is 0 Å². The molecule has 0 aliphatic rings. The summed E-state index contributed by atoms with van der Waals surface area (Å²) in [6.45, 7) is 0. The molecule has 0 aliphatic carbocycles. The minimum atomic E-state index is -0.172. The first-order chi connectivity index (χ1) is 11.3. The molecule has 4 rings (SSSR count). The summed E-state index contributed by atoms with van der Waals surface area (Å²) in [5.41, 5.74) is 1.25. The predicted octanol–water partition coefficient (Wildman–Crippen LogP) is 3.67. The van der Waals surface area contributed by atoms with Gasteiger partial charge in [-0.3, -0.25) is 9.78 Å². The zero-order chi connectivity index (χ0) is 15.6. The molecule has 0 unspecified atom stereocenters. The Morgan fingerprint density at radius 2 is 2.09 bits per heavy atom. The molecule has 1 N–H and O–H groups in total. The van der Waals surface area contributed by atoms with Crippen LogP contribution in [-0.4, -0.2) is 19.9 Å². The fourth-order valence-corrected chi connectivity index (χ4v) is 3.73. The molecule has 0 bridgehead atoms. The number of hydrogen-bond donors (Lipinski definition) is 1. The van der Waals surface area contributed by atoms with E-state index in [9.17, 15) is 4.79 Å². The Labute approximate surface area is 139 Å². The van der Waals surface area contributed by atoms with Gasteiger partial charge in [0.05, 0.1) is 27.7 Å². The average molecular weight is 338 g/mol. The van der Waals surface area contributed by atoms with Crippen LogP contribution < -0.4 is 5.56 Å². The summed E-state index contributed by atoms with van der Waals surface area (Å²) < 4.78 is 0. The maximum atomic E-state index is 12.0. The highest BCUT2D eigenvalue weighted by molar-refractivity contribution is 7.20. The highest BCUT2D eigenvalue weighted by atomic mass is 32.1. The van der Waals surface area contributed by atoms with E-state index in [-0.39, 0.29) is 5.56 Å². The van der Waals surface area contributed by atoms with Gasteiger partial charge in [0.15, 0.2) is 0 Å². The molecule has 4 heterocycles. The second kappa shape index (κ2) is 5.86. The molecule has 7 heteroatoms. The van der Waals surface area contributed by atoms with Gasteiger partial charge in [0.2, 0.25) is 0 Å². The predicted molar refractivity (Wildman–Crippen MR) is 94.5 cm³/mol. The van der Waals surface area contributed by atoms with Gasteiger partial charge in [-0.25, -0.2) is 9.97 Å². The van der Waals surface area contributed by atoms with Crippen LogP contribution in [0, 0.1) is 0 Å². The molecule has 0 saturated carbocycles. The number of nitrogens with zero attached hydrogens (tertiary/aromatic N) is 3. The van der Waals surface area contributed by atoms with Crippen LogP contribution in [0.15, 0.2) is 46.1 Å². The molecule has 112 valence electrons. The minimum Gasteiger partial charge on any atom is -0.306 e. The van der Waals surface area contributed by atoms with Gasteiger partial charge in [-0.15, -0.1) is 22.7 Å². The third-order valence-corrected chi connectivity index (χ3v) is 5.09. The molecule has 0 aliphatic heterocycles. The van der Waals surface area contributed by atoms with Crippen molar-refractivity contribution in [3.63, 3.8) is 0 Å². The number of hydrogen-bond acceptors (Lipinski definition) is 6. The number of H-pyrrole nitrogens is 1. The van der Waals surface area contributed by atoms with Gasteiger partial charge >= 0.3 is 0 Å². The number of nitrogens with one attached hydrogen (secondary N) is 1. The van der Waals surface area contributed by atoms with Gasteiger partial charge in [0, 0.05) is 11.6 Å². The Kier molecular flexibility index (Phi) is 3.57. The third-order valence-electron chi connectivity index (χ3n) is 3.19. The van der Waals surface area contributed by atoms with E-state index in [1.54, 1.807) is 47.2 Å². The number of pyridine rings is 1. The van der Waals surface area contributed by atoms with Crippen LogP contribution in [0.4, 0.5) is 0 Å².